The molecule has 0 aliphatic carbocycles. The molecule has 1 saturated heterocycles. The number of aliphatic hydroxyl groups excluding tert-OH is 1. The van der Waals surface area contributed by atoms with Crippen LogP contribution in [0.5, 0.6) is 0 Å². The Hall–Kier alpha value is -0.610. The Morgan fingerprint density at radius 3 is 2.92 bits per heavy atom. The van der Waals surface area contributed by atoms with Crippen LogP contribution in [-0.2, 0) is 9.53 Å². The topological polar surface area (TPSA) is 58.6 Å². The van der Waals surface area contributed by atoms with E-state index in [4.69, 9.17) is 4.74 Å². The molecule has 4 nitrogen and oxygen atoms in total. The molecule has 0 saturated carbocycles. The lowest BCUT2D eigenvalue weighted by Gasteiger charge is -2.23. The smallest absolute Gasteiger partial charge is 0.315 e. The van der Waals surface area contributed by atoms with Crippen molar-refractivity contribution in [3.05, 3.63) is 0 Å². The molecule has 0 aromatic carbocycles. The van der Waals surface area contributed by atoms with E-state index in [-0.39, 0.29) is 5.97 Å². The van der Waals surface area contributed by atoms with E-state index in [1.54, 1.807) is 13.8 Å². The molecular formula is C8H15NO3. The molecule has 0 spiro atoms. The standard InChI is InChI=1S/C8H15NO3/c1-3-12-7(11)8(2)5-9-4-6(8)10/h6,9-10H,3-5H2,1-2H3. The Morgan fingerprint density at radius 2 is 2.50 bits per heavy atom. The van der Waals surface area contributed by atoms with E-state index in [2.05, 4.69) is 5.32 Å². The van der Waals surface area contributed by atoms with Crippen LogP contribution in [0.25, 0.3) is 0 Å². The predicted octanol–water partition coefficient (Wildman–Crippen LogP) is -0.480. The summed E-state index contributed by atoms with van der Waals surface area (Å²) in [6.07, 6.45) is -0.628. The molecule has 0 radical (unpaired) electrons. The van der Waals surface area contributed by atoms with Crippen molar-refractivity contribution < 1.29 is 14.6 Å². The van der Waals surface area contributed by atoms with Crippen LogP contribution in [-0.4, -0.2) is 36.9 Å². The van der Waals surface area contributed by atoms with Gasteiger partial charge in [0.15, 0.2) is 0 Å². The Bertz CT molecular complexity index is 183. The SMILES string of the molecule is CCOC(=O)C1(C)CNCC1O. The average Bonchev–Trinajstić information content (AvgIpc) is 2.34. The van der Waals surface area contributed by atoms with Crippen molar-refractivity contribution in [3.8, 4) is 0 Å². The van der Waals surface area contributed by atoms with Gasteiger partial charge in [-0.2, -0.15) is 0 Å². The number of ether oxygens (including phenoxy) is 1. The second-order valence-electron chi connectivity index (χ2n) is 3.28. The molecule has 2 N–H and O–H groups in total. The first-order valence-electron chi connectivity index (χ1n) is 4.17. The molecule has 1 fully saturated rings. The van der Waals surface area contributed by atoms with Gasteiger partial charge in [-0.05, 0) is 13.8 Å². The molecule has 12 heavy (non-hydrogen) atoms. The summed E-state index contributed by atoms with van der Waals surface area (Å²) in [4.78, 5) is 11.4. The second-order valence-corrected chi connectivity index (χ2v) is 3.28. The summed E-state index contributed by atoms with van der Waals surface area (Å²) < 4.78 is 4.86. The van der Waals surface area contributed by atoms with Crippen LogP contribution in [0.1, 0.15) is 13.8 Å². The third-order valence-electron chi connectivity index (χ3n) is 2.31. The van der Waals surface area contributed by atoms with E-state index in [1.807, 2.05) is 0 Å². The number of hydrogen-bond donors (Lipinski definition) is 2. The van der Waals surface area contributed by atoms with Gasteiger partial charge >= 0.3 is 5.97 Å². The monoisotopic (exact) mass is 173 g/mol. The van der Waals surface area contributed by atoms with Crippen LogP contribution in [0.15, 0.2) is 0 Å². The summed E-state index contributed by atoms with van der Waals surface area (Å²) in [5.74, 6) is -0.317. The maximum Gasteiger partial charge on any atom is 0.315 e. The molecule has 0 aromatic rings. The summed E-state index contributed by atoms with van der Waals surface area (Å²) in [6, 6.07) is 0. The van der Waals surface area contributed by atoms with Crippen molar-refractivity contribution in [2.75, 3.05) is 19.7 Å². The van der Waals surface area contributed by atoms with E-state index in [0.717, 1.165) is 0 Å². The molecule has 0 amide bonds. The quantitative estimate of drug-likeness (QED) is 0.554. The summed E-state index contributed by atoms with van der Waals surface area (Å²) in [6.45, 7) is 4.80. The largest absolute Gasteiger partial charge is 0.465 e. The summed E-state index contributed by atoms with van der Waals surface area (Å²) in [5, 5.41) is 12.4. The van der Waals surface area contributed by atoms with Crippen LogP contribution in [0, 0.1) is 5.41 Å². The molecule has 1 heterocycles. The Labute approximate surface area is 71.9 Å². The first kappa shape index (κ1) is 9.48. The number of aliphatic hydroxyl groups is 1. The van der Waals surface area contributed by atoms with E-state index in [1.165, 1.54) is 0 Å². The van der Waals surface area contributed by atoms with Gasteiger partial charge in [0.1, 0.15) is 5.41 Å². The Kier molecular flexibility index (Phi) is 2.69. The van der Waals surface area contributed by atoms with Gasteiger partial charge in [0.25, 0.3) is 0 Å². The van der Waals surface area contributed by atoms with Gasteiger partial charge in [-0.15, -0.1) is 0 Å². The van der Waals surface area contributed by atoms with Gasteiger partial charge in [0.2, 0.25) is 0 Å². The zero-order chi connectivity index (χ0) is 9.19. The number of carbonyl (C=O) groups excluding carboxylic acids is 1. The predicted molar refractivity (Wildman–Crippen MR) is 43.6 cm³/mol. The normalized spacial score (nSPS) is 35.1. The zero-order valence-corrected chi connectivity index (χ0v) is 7.46. The van der Waals surface area contributed by atoms with Crippen molar-refractivity contribution in [2.45, 2.75) is 20.0 Å². The summed E-state index contributed by atoms with van der Waals surface area (Å²) in [7, 11) is 0. The minimum absolute atomic E-state index is 0.317. The van der Waals surface area contributed by atoms with Gasteiger partial charge in [-0.25, -0.2) is 0 Å². The van der Waals surface area contributed by atoms with Crippen LogP contribution in [0.2, 0.25) is 0 Å². The lowest BCUT2D eigenvalue weighted by atomic mass is 9.87. The van der Waals surface area contributed by atoms with Crippen molar-refractivity contribution in [1.29, 1.82) is 0 Å². The fourth-order valence-electron chi connectivity index (χ4n) is 1.32. The van der Waals surface area contributed by atoms with E-state index < -0.39 is 11.5 Å². The first-order valence-corrected chi connectivity index (χ1v) is 4.17. The Balaban J connectivity index is 2.63. The maximum absolute atomic E-state index is 11.4. The van der Waals surface area contributed by atoms with Crippen LogP contribution in [0.4, 0.5) is 0 Å². The summed E-state index contributed by atoms with van der Waals surface area (Å²) >= 11 is 0. The van der Waals surface area contributed by atoms with E-state index >= 15 is 0 Å². The average molecular weight is 173 g/mol. The van der Waals surface area contributed by atoms with Gasteiger partial charge in [0, 0.05) is 13.1 Å². The fraction of sp³-hybridized carbons (Fsp3) is 0.875. The van der Waals surface area contributed by atoms with Gasteiger partial charge in [-0.1, -0.05) is 0 Å². The molecule has 1 rings (SSSR count). The molecule has 4 heteroatoms. The third kappa shape index (κ3) is 1.44. The molecule has 2 atom stereocenters. The van der Waals surface area contributed by atoms with Crippen LogP contribution >= 0.6 is 0 Å². The van der Waals surface area contributed by atoms with Crippen molar-refractivity contribution in [3.63, 3.8) is 0 Å². The molecule has 2 unspecified atom stereocenters. The molecule has 0 aromatic heterocycles. The number of rotatable bonds is 2. The summed E-state index contributed by atoms with van der Waals surface area (Å²) in [5.41, 5.74) is -0.754. The van der Waals surface area contributed by atoms with Crippen LogP contribution in [0.3, 0.4) is 0 Å². The number of hydrogen-bond acceptors (Lipinski definition) is 4. The lowest BCUT2D eigenvalue weighted by molar-refractivity contribution is -0.158. The molecule has 1 aliphatic rings. The second kappa shape index (κ2) is 3.41. The van der Waals surface area contributed by atoms with Gasteiger partial charge < -0.3 is 15.2 Å². The highest BCUT2D eigenvalue weighted by Gasteiger charge is 2.45. The highest BCUT2D eigenvalue weighted by molar-refractivity contribution is 5.78. The minimum atomic E-state index is -0.754. The number of nitrogens with one attached hydrogen (secondary N) is 1. The Morgan fingerprint density at radius 1 is 1.83 bits per heavy atom. The minimum Gasteiger partial charge on any atom is -0.465 e. The highest BCUT2D eigenvalue weighted by atomic mass is 16.5. The zero-order valence-electron chi connectivity index (χ0n) is 7.46. The first-order chi connectivity index (χ1) is 5.61. The van der Waals surface area contributed by atoms with Gasteiger partial charge in [0.05, 0.1) is 12.7 Å². The lowest BCUT2D eigenvalue weighted by Crippen LogP contribution is -2.40. The number of carbonyl (C=O) groups is 1. The molecule has 70 valence electrons. The maximum atomic E-state index is 11.4. The van der Waals surface area contributed by atoms with Crippen molar-refractivity contribution in [2.24, 2.45) is 5.41 Å². The van der Waals surface area contributed by atoms with Crippen LogP contribution < -0.4 is 5.32 Å². The van der Waals surface area contributed by atoms with Crippen molar-refractivity contribution >= 4 is 5.97 Å². The number of esters is 1. The van der Waals surface area contributed by atoms with Crippen molar-refractivity contribution in [1.82, 2.24) is 5.32 Å². The third-order valence-corrected chi connectivity index (χ3v) is 2.31. The fourth-order valence-corrected chi connectivity index (χ4v) is 1.32. The van der Waals surface area contributed by atoms with E-state index in [9.17, 15) is 9.90 Å². The highest BCUT2D eigenvalue weighted by Crippen LogP contribution is 2.26. The van der Waals surface area contributed by atoms with Gasteiger partial charge in [-0.3, -0.25) is 4.79 Å². The molecular weight excluding hydrogens is 158 g/mol. The molecule has 1 aliphatic heterocycles. The number of β-amino-alcohol motifs (C(OH)–C–C–N with tert-alkyl or cyclic N) is 1. The molecule has 0 bridgehead atoms. The van der Waals surface area contributed by atoms with E-state index in [0.29, 0.717) is 19.7 Å².